The molecule has 2 N–H and O–H groups in total. The second-order valence-corrected chi connectivity index (χ2v) is 8.64. The smallest absolute Gasteiger partial charge is 0.229 e. The summed E-state index contributed by atoms with van der Waals surface area (Å²) in [6.45, 7) is 2.28. The molecule has 1 amide bonds. The first-order chi connectivity index (χ1) is 13.8. The summed E-state index contributed by atoms with van der Waals surface area (Å²) in [4.78, 5) is 11.3. The Labute approximate surface area is 168 Å². The van der Waals surface area contributed by atoms with Gasteiger partial charge in [-0.2, -0.15) is 5.10 Å². The van der Waals surface area contributed by atoms with E-state index in [-0.39, 0.29) is 5.91 Å². The fourth-order valence-electron chi connectivity index (χ4n) is 3.25. The molecule has 9 heteroatoms. The molecule has 0 saturated carbocycles. The van der Waals surface area contributed by atoms with Crippen LogP contribution in [0.5, 0.6) is 5.75 Å². The molecule has 0 fully saturated rings. The fourth-order valence-corrected chi connectivity index (χ4v) is 3.83. The van der Waals surface area contributed by atoms with Gasteiger partial charge < -0.3 is 10.1 Å². The van der Waals surface area contributed by atoms with Crippen LogP contribution in [0.3, 0.4) is 0 Å². The molecule has 1 aliphatic rings. The van der Waals surface area contributed by atoms with E-state index in [0.29, 0.717) is 41.5 Å². The summed E-state index contributed by atoms with van der Waals surface area (Å²) in [5.74, 6) is 0.556. The van der Waals surface area contributed by atoms with E-state index in [4.69, 9.17) is 4.74 Å². The number of nitrogens with zero attached hydrogens (tertiary/aromatic N) is 2. The number of sulfonamides is 1. The van der Waals surface area contributed by atoms with Gasteiger partial charge in [-0.1, -0.05) is 24.3 Å². The molecule has 8 nitrogen and oxygen atoms in total. The highest BCUT2D eigenvalue weighted by Crippen LogP contribution is 2.32. The van der Waals surface area contributed by atoms with Crippen molar-refractivity contribution in [3.63, 3.8) is 0 Å². The van der Waals surface area contributed by atoms with Crippen molar-refractivity contribution in [3.8, 4) is 17.0 Å². The molecular formula is C20H20N4O4S. The largest absolute Gasteiger partial charge is 0.487 e. The highest BCUT2D eigenvalue weighted by atomic mass is 32.2. The van der Waals surface area contributed by atoms with Gasteiger partial charge in [0.15, 0.2) is 0 Å². The molecule has 4 rings (SSSR count). The summed E-state index contributed by atoms with van der Waals surface area (Å²) in [6.07, 6.45) is 1.12. The summed E-state index contributed by atoms with van der Waals surface area (Å²) in [7, 11) is -3.41. The van der Waals surface area contributed by atoms with Gasteiger partial charge in [0.25, 0.3) is 0 Å². The van der Waals surface area contributed by atoms with Crippen molar-refractivity contribution in [2.24, 2.45) is 0 Å². The molecule has 150 valence electrons. The molecule has 29 heavy (non-hydrogen) atoms. The predicted octanol–water partition coefficient (Wildman–Crippen LogP) is 2.82. The first kappa shape index (κ1) is 19.0. The minimum Gasteiger partial charge on any atom is -0.487 e. The van der Waals surface area contributed by atoms with E-state index in [9.17, 15) is 13.2 Å². The molecule has 0 aliphatic carbocycles. The molecule has 1 aliphatic heterocycles. The van der Waals surface area contributed by atoms with Crippen LogP contribution in [0.1, 0.15) is 18.2 Å². The van der Waals surface area contributed by atoms with Crippen LogP contribution in [0.2, 0.25) is 0 Å². The normalized spacial score (nSPS) is 12.9. The Hall–Kier alpha value is -3.33. The number of benzene rings is 2. The summed E-state index contributed by atoms with van der Waals surface area (Å²) in [5.41, 5.74) is 4.32. The molecule has 0 radical (unpaired) electrons. The van der Waals surface area contributed by atoms with Gasteiger partial charge in [0.05, 0.1) is 29.9 Å². The van der Waals surface area contributed by atoms with E-state index < -0.39 is 10.0 Å². The number of rotatable bonds is 4. The number of para-hydroxylation sites is 1. The third-order valence-electron chi connectivity index (χ3n) is 4.44. The Morgan fingerprint density at radius 3 is 2.72 bits per heavy atom. The van der Waals surface area contributed by atoms with Crippen molar-refractivity contribution >= 4 is 27.3 Å². The van der Waals surface area contributed by atoms with E-state index in [1.807, 2.05) is 35.0 Å². The first-order valence-electron chi connectivity index (χ1n) is 8.96. The summed E-state index contributed by atoms with van der Waals surface area (Å²) in [6, 6.07) is 14.5. The Balaban J connectivity index is 1.66. The van der Waals surface area contributed by atoms with Gasteiger partial charge in [-0.3, -0.25) is 14.2 Å². The van der Waals surface area contributed by atoms with Gasteiger partial charge in [0.2, 0.25) is 15.9 Å². The second-order valence-electron chi connectivity index (χ2n) is 6.89. The number of hydrogen-bond acceptors (Lipinski definition) is 5. The van der Waals surface area contributed by atoms with Crippen LogP contribution in [0.4, 0.5) is 11.4 Å². The van der Waals surface area contributed by atoms with E-state index >= 15 is 0 Å². The number of fused-ring (bicyclic) bond motifs is 2. The fraction of sp³-hybridized carbons (Fsp3) is 0.200. The van der Waals surface area contributed by atoms with Crippen molar-refractivity contribution in [2.75, 3.05) is 16.3 Å². The number of hydrogen-bond donors (Lipinski definition) is 2. The SMILES string of the molecule is CC(=O)Nc1ccc2c(c1)OCc1cc(-c3ccccc3NS(C)(=O)=O)nn1C2. The minimum absolute atomic E-state index is 0.141. The molecule has 2 heterocycles. The zero-order valence-electron chi connectivity index (χ0n) is 16.0. The van der Waals surface area contributed by atoms with Crippen molar-refractivity contribution in [1.82, 2.24) is 9.78 Å². The zero-order valence-corrected chi connectivity index (χ0v) is 16.8. The molecule has 0 spiro atoms. The molecule has 0 bridgehead atoms. The van der Waals surface area contributed by atoms with Gasteiger partial charge in [0.1, 0.15) is 12.4 Å². The quantitative estimate of drug-likeness (QED) is 0.686. The summed E-state index contributed by atoms with van der Waals surface area (Å²) >= 11 is 0. The second kappa shape index (κ2) is 7.25. The Kier molecular flexibility index (Phi) is 4.75. The molecule has 2 aromatic carbocycles. The molecule has 1 aromatic heterocycles. The molecular weight excluding hydrogens is 392 g/mol. The lowest BCUT2D eigenvalue weighted by Gasteiger charge is -2.10. The van der Waals surface area contributed by atoms with Gasteiger partial charge >= 0.3 is 0 Å². The number of nitrogens with one attached hydrogen (secondary N) is 2. The van der Waals surface area contributed by atoms with Gasteiger partial charge in [-0.25, -0.2) is 8.42 Å². The Morgan fingerprint density at radius 1 is 1.17 bits per heavy atom. The lowest BCUT2D eigenvalue weighted by molar-refractivity contribution is -0.114. The zero-order chi connectivity index (χ0) is 20.6. The number of amides is 1. The van der Waals surface area contributed by atoms with Gasteiger partial charge in [-0.15, -0.1) is 0 Å². The van der Waals surface area contributed by atoms with Crippen molar-refractivity contribution in [1.29, 1.82) is 0 Å². The minimum atomic E-state index is -3.41. The van der Waals surface area contributed by atoms with Crippen LogP contribution in [0.25, 0.3) is 11.3 Å². The average Bonchev–Trinajstić information content (AvgIpc) is 2.95. The number of anilines is 2. The number of aromatic nitrogens is 2. The topological polar surface area (TPSA) is 102 Å². The maximum Gasteiger partial charge on any atom is 0.229 e. The molecule has 3 aromatic rings. The molecule has 0 unspecified atom stereocenters. The van der Waals surface area contributed by atoms with Crippen LogP contribution in [0, 0.1) is 0 Å². The predicted molar refractivity (Wildman–Crippen MR) is 110 cm³/mol. The lowest BCUT2D eigenvalue weighted by Crippen LogP contribution is -2.10. The standard InChI is InChI=1S/C20H20N4O4S/c1-13(25)21-15-8-7-14-11-24-16(12-28-20(14)9-15)10-19(22-24)17-5-3-4-6-18(17)23-29(2,26)27/h3-10,23H,11-12H2,1-2H3,(H,21,25). The third-order valence-corrected chi connectivity index (χ3v) is 5.04. The molecule has 0 saturated heterocycles. The Morgan fingerprint density at radius 2 is 1.97 bits per heavy atom. The third kappa shape index (κ3) is 4.24. The van der Waals surface area contributed by atoms with Crippen LogP contribution in [-0.2, 0) is 28.0 Å². The highest BCUT2D eigenvalue weighted by molar-refractivity contribution is 7.92. The van der Waals surface area contributed by atoms with E-state index in [1.54, 1.807) is 18.2 Å². The van der Waals surface area contributed by atoms with Crippen LogP contribution in [0.15, 0.2) is 48.5 Å². The number of carbonyl (C=O) groups is 1. The van der Waals surface area contributed by atoms with Crippen LogP contribution >= 0.6 is 0 Å². The average molecular weight is 412 g/mol. The van der Waals surface area contributed by atoms with Crippen molar-refractivity contribution in [3.05, 3.63) is 59.8 Å². The van der Waals surface area contributed by atoms with Gasteiger partial charge in [0, 0.05) is 29.8 Å². The number of carbonyl (C=O) groups excluding carboxylic acids is 1. The van der Waals surface area contributed by atoms with Gasteiger partial charge in [-0.05, 0) is 18.2 Å². The first-order valence-corrected chi connectivity index (χ1v) is 10.8. The summed E-state index contributed by atoms with van der Waals surface area (Å²) < 4.78 is 33.7. The lowest BCUT2D eigenvalue weighted by atomic mass is 10.1. The van der Waals surface area contributed by atoms with Crippen molar-refractivity contribution in [2.45, 2.75) is 20.1 Å². The maximum atomic E-state index is 11.7. The molecule has 0 atom stereocenters. The van der Waals surface area contributed by atoms with Crippen LogP contribution < -0.4 is 14.8 Å². The van der Waals surface area contributed by atoms with E-state index in [1.165, 1.54) is 6.92 Å². The Bertz CT molecular complexity index is 1200. The number of ether oxygens (including phenoxy) is 1. The van der Waals surface area contributed by atoms with E-state index in [0.717, 1.165) is 17.5 Å². The summed E-state index contributed by atoms with van der Waals surface area (Å²) in [5, 5.41) is 7.42. The maximum absolute atomic E-state index is 11.7. The highest BCUT2D eigenvalue weighted by Gasteiger charge is 2.19. The van der Waals surface area contributed by atoms with Crippen LogP contribution in [-0.4, -0.2) is 30.4 Å². The monoisotopic (exact) mass is 412 g/mol. The van der Waals surface area contributed by atoms with E-state index in [2.05, 4.69) is 15.1 Å². The van der Waals surface area contributed by atoms with Crippen molar-refractivity contribution < 1.29 is 17.9 Å².